The van der Waals surface area contributed by atoms with Gasteiger partial charge in [0.05, 0.1) is 11.4 Å². The summed E-state index contributed by atoms with van der Waals surface area (Å²) in [5, 5.41) is 6.28. The molecule has 0 radical (unpaired) electrons. The van der Waals surface area contributed by atoms with Gasteiger partial charge >= 0.3 is 6.03 Å². The second-order valence-electron chi connectivity index (χ2n) is 6.96. The number of hydrogen-bond acceptors (Lipinski definition) is 3. The Hall–Kier alpha value is -2.67. The lowest BCUT2D eigenvalue weighted by Crippen LogP contribution is -2.48. The number of anilines is 3. The fourth-order valence-electron chi connectivity index (χ4n) is 3.70. The zero-order valence-corrected chi connectivity index (χ0v) is 14.9. The summed E-state index contributed by atoms with van der Waals surface area (Å²) in [7, 11) is 0. The summed E-state index contributed by atoms with van der Waals surface area (Å²) in [5.41, 5.74) is 2.01. The quantitative estimate of drug-likeness (QED) is 0.870. The van der Waals surface area contributed by atoms with Gasteiger partial charge in [-0.05, 0) is 67.9 Å². The number of fused-ring (bicyclic) bond motifs is 1. The highest BCUT2D eigenvalue weighted by molar-refractivity contribution is 5.97. The van der Waals surface area contributed by atoms with E-state index in [0.29, 0.717) is 36.9 Å². The molecule has 2 aliphatic rings. The Morgan fingerprint density at radius 1 is 1.07 bits per heavy atom. The predicted octanol–water partition coefficient (Wildman–Crippen LogP) is 3.24. The SMILES string of the molecule is O=C(NC[C@@H]1CCNC1)N1CCN(c2ccc(F)cc2)c2cc(F)ccc21. The van der Waals surface area contributed by atoms with Gasteiger partial charge in [0.25, 0.3) is 0 Å². The minimum Gasteiger partial charge on any atom is -0.338 e. The Labute approximate surface area is 157 Å². The number of rotatable bonds is 3. The molecule has 2 aromatic carbocycles. The third-order valence-electron chi connectivity index (χ3n) is 5.15. The highest BCUT2D eigenvalue weighted by Crippen LogP contribution is 2.38. The van der Waals surface area contributed by atoms with Crippen LogP contribution in [-0.4, -0.2) is 38.8 Å². The minimum atomic E-state index is -0.375. The largest absolute Gasteiger partial charge is 0.338 e. The normalized spacial score (nSPS) is 19.1. The molecule has 0 spiro atoms. The molecule has 1 atom stereocenters. The molecule has 0 unspecified atom stereocenters. The highest BCUT2D eigenvalue weighted by Gasteiger charge is 2.28. The number of benzene rings is 2. The third kappa shape index (κ3) is 3.73. The van der Waals surface area contributed by atoms with Crippen molar-refractivity contribution in [2.45, 2.75) is 6.42 Å². The van der Waals surface area contributed by atoms with Crippen LogP contribution in [0.1, 0.15) is 6.42 Å². The molecular formula is C20H22F2N4O. The molecule has 2 aromatic rings. The lowest BCUT2D eigenvalue weighted by Gasteiger charge is -2.37. The Balaban J connectivity index is 1.57. The lowest BCUT2D eigenvalue weighted by atomic mass is 10.1. The standard InChI is InChI=1S/C20H22F2N4O/c21-15-1-4-17(5-2-15)25-9-10-26(18-6-3-16(22)11-19(18)25)20(27)24-13-14-7-8-23-12-14/h1-6,11,14,23H,7-10,12-13H2,(H,24,27)/t14-/m1/s1. The van der Waals surface area contributed by atoms with Gasteiger partial charge in [-0.2, -0.15) is 0 Å². The number of urea groups is 1. The summed E-state index contributed by atoms with van der Waals surface area (Å²) in [6.07, 6.45) is 1.06. The van der Waals surface area contributed by atoms with E-state index in [4.69, 9.17) is 0 Å². The molecule has 2 heterocycles. The maximum Gasteiger partial charge on any atom is 0.322 e. The van der Waals surface area contributed by atoms with Crippen LogP contribution in [0.25, 0.3) is 0 Å². The van der Waals surface area contributed by atoms with Crippen LogP contribution in [0.2, 0.25) is 0 Å². The Morgan fingerprint density at radius 2 is 1.85 bits per heavy atom. The van der Waals surface area contributed by atoms with E-state index in [0.717, 1.165) is 25.2 Å². The summed E-state index contributed by atoms with van der Waals surface area (Å²) in [4.78, 5) is 16.3. The molecule has 0 saturated carbocycles. The van der Waals surface area contributed by atoms with Crippen LogP contribution < -0.4 is 20.4 Å². The molecule has 2 aliphatic heterocycles. The molecule has 4 rings (SSSR count). The molecular weight excluding hydrogens is 350 g/mol. The lowest BCUT2D eigenvalue weighted by molar-refractivity contribution is 0.244. The molecule has 142 valence electrons. The first-order chi connectivity index (χ1) is 13.1. The first-order valence-electron chi connectivity index (χ1n) is 9.20. The van der Waals surface area contributed by atoms with Crippen LogP contribution in [0.4, 0.5) is 30.6 Å². The first-order valence-corrected chi connectivity index (χ1v) is 9.20. The number of hydrogen-bond donors (Lipinski definition) is 2. The minimum absolute atomic E-state index is 0.173. The maximum absolute atomic E-state index is 13.9. The van der Waals surface area contributed by atoms with Gasteiger partial charge in [-0.25, -0.2) is 13.6 Å². The van der Waals surface area contributed by atoms with E-state index in [2.05, 4.69) is 10.6 Å². The van der Waals surface area contributed by atoms with E-state index >= 15 is 0 Å². The number of amides is 2. The van der Waals surface area contributed by atoms with Crippen LogP contribution in [-0.2, 0) is 0 Å². The van der Waals surface area contributed by atoms with Gasteiger partial charge in [0.1, 0.15) is 11.6 Å². The molecule has 2 N–H and O–H groups in total. The van der Waals surface area contributed by atoms with Crippen molar-refractivity contribution in [2.75, 3.05) is 42.5 Å². The number of carbonyl (C=O) groups excluding carboxylic acids is 1. The van der Waals surface area contributed by atoms with Crippen molar-refractivity contribution in [3.8, 4) is 0 Å². The fraction of sp³-hybridized carbons (Fsp3) is 0.350. The van der Waals surface area contributed by atoms with Crippen molar-refractivity contribution in [3.63, 3.8) is 0 Å². The Morgan fingerprint density at radius 3 is 2.59 bits per heavy atom. The monoisotopic (exact) mass is 372 g/mol. The summed E-state index contributed by atoms with van der Waals surface area (Å²) in [6, 6.07) is 10.3. The summed E-state index contributed by atoms with van der Waals surface area (Å²) >= 11 is 0. The van der Waals surface area contributed by atoms with Crippen LogP contribution in [0, 0.1) is 17.6 Å². The highest BCUT2D eigenvalue weighted by atomic mass is 19.1. The van der Waals surface area contributed by atoms with E-state index in [1.165, 1.54) is 24.3 Å². The number of nitrogens with one attached hydrogen (secondary N) is 2. The predicted molar refractivity (Wildman–Crippen MR) is 102 cm³/mol. The Kier molecular flexibility index (Phi) is 4.94. The molecule has 1 saturated heterocycles. The number of carbonyl (C=O) groups is 1. The van der Waals surface area contributed by atoms with Gasteiger partial charge in [0.2, 0.25) is 0 Å². The molecule has 2 amide bonds. The molecule has 0 aliphatic carbocycles. The van der Waals surface area contributed by atoms with Crippen molar-refractivity contribution in [2.24, 2.45) is 5.92 Å². The first kappa shape index (κ1) is 17.7. The third-order valence-corrected chi connectivity index (χ3v) is 5.15. The van der Waals surface area contributed by atoms with Gasteiger partial charge in [0, 0.05) is 25.3 Å². The zero-order valence-electron chi connectivity index (χ0n) is 14.9. The van der Waals surface area contributed by atoms with Crippen LogP contribution >= 0.6 is 0 Å². The molecule has 0 bridgehead atoms. The van der Waals surface area contributed by atoms with Crippen molar-refractivity contribution < 1.29 is 13.6 Å². The van der Waals surface area contributed by atoms with Gasteiger partial charge < -0.3 is 15.5 Å². The average Bonchev–Trinajstić information content (AvgIpc) is 3.19. The maximum atomic E-state index is 13.9. The van der Waals surface area contributed by atoms with Gasteiger partial charge in [-0.1, -0.05) is 0 Å². The molecule has 1 fully saturated rings. The van der Waals surface area contributed by atoms with E-state index < -0.39 is 0 Å². The molecule has 27 heavy (non-hydrogen) atoms. The second-order valence-corrected chi connectivity index (χ2v) is 6.96. The summed E-state index contributed by atoms with van der Waals surface area (Å²) in [5.74, 6) is -0.250. The number of nitrogens with zero attached hydrogens (tertiary/aromatic N) is 2. The molecule has 7 heteroatoms. The number of halogens is 2. The summed E-state index contributed by atoms with van der Waals surface area (Å²) < 4.78 is 27.2. The van der Waals surface area contributed by atoms with Crippen LogP contribution in [0.3, 0.4) is 0 Å². The molecule has 5 nitrogen and oxygen atoms in total. The van der Waals surface area contributed by atoms with Crippen LogP contribution in [0.5, 0.6) is 0 Å². The van der Waals surface area contributed by atoms with E-state index in [1.807, 2.05) is 4.90 Å². The van der Waals surface area contributed by atoms with Gasteiger partial charge in [-0.3, -0.25) is 4.90 Å². The fourth-order valence-corrected chi connectivity index (χ4v) is 3.70. The van der Waals surface area contributed by atoms with Crippen molar-refractivity contribution >= 4 is 23.1 Å². The van der Waals surface area contributed by atoms with Crippen molar-refractivity contribution in [1.82, 2.24) is 10.6 Å². The second kappa shape index (κ2) is 7.52. The van der Waals surface area contributed by atoms with Crippen molar-refractivity contribution in [1.29, 1.82) is 0 Å². The van der Waals surface area contributed by atoms with Gasteiger partial charge in [0.15, 0.2) is 0 Å². The van der Waals surface area contributed by atoms with Gasteiger partial charge in [-0.15, -0.1) is 0 Å². The van der Waals surface area contributed by atoms with E-state index in [1.54, 1.807) is 23.1 Å². The smallest absolute Gasteiger partial charge is 0.322 e. The van der Waals surface area contributed by atoms with Crippen molar-refractivity contribution in [3.05, 3.63) is 54.1 Å². The van der Waals surface area contributed by atoms with Crippen LogP contribution in [0.15, 0.2) is 42.5 Å². The Bertz CT molecular complexity index is 821. The van der Waals surface area contributed by atoms with E-state index in [9.17, 15) is 13.6 Å². The van der Waals surface area contributed by atoms with E-state index in [-0.39, 0.29) is 17.7 Å². The average molecular weight is 372 g/mol. The summed E-state index contributed by atoms with van der Waals surface area (Å²) in [6.45, 7) is 3.49. The topological polar surface area (TPSA) is 47.6 Å². The molecule has 0 aromatic heterocycles. The zero-order chi connectivity index (χ0) is 18.8.